The molecule has 2 aromatic rings. The van der Waals surface area contributed by atoms with E-state index < -0.39 is 18.4 Å². The molecule has 31 heavy (non-hydrogen) atoms. The van der Waals surface area contributed by atoms with Gasteiger partial charge in [-0.05, 0) is 0 Å². The normalized spacial score (nSPS) is 13.0. The van der Waals surface area contributed by atoms with E-state index in [9.17, 15) is 5.11 Å². The molecule has 0 amide bonds. The zero-order valence-electron chi connectivity index (χ0n) is 20.0. The molecule has 0 aliphatic carbocycles. The summed E-state index contributed by atoms with van der Waals surface area (Å²) in [6.07, 6.45) is 10.2. The monoisotopic (exact) mass is 529 g/mol. The van der Waals surface area contributed by atoms with Gasteiger partial charge in [-0.3, -0.25) is 0 Å². The van der Waals surface area contributed by atoms with Gasteiger partial charge in [0.25, 0.3) is 0 Å². The van der Waals surface area contributed by atoms with Crippen LogP contribution in [-0.4, -0.2) is 36.3 Å². The SMILES string of the molecule is CCC[CH2][Sn]([CH2]CCC)([CH2]CCC)[CH2]c1ccccc1C=N[C@@H](CO)c1ccccc1. The fourth-order valence-corrected chi connectivity index (χ4v) is 20.9. The maximum atomic E-state index is 9.90. The van der Waals surface area contributed by atoms with Crippen molar-refractivity contribution in [3.8, 4) is 0 Å². The molecule has 0 saturated carbocycles. The summed E-state index contributed by atoms with van der Waals surface area (Å²) in [4.78, 5) is 4.81. The van der Waals surface area contributed by atoms with E-state index >= 15 is 0 Å². The van der Waals surface area contributed by atoms with Crippen molar-refractivity contribution in [2.24, 2.45) is 4.99 Å². The number of hydrogen-bond acceptors (Lipinski definition) is 2. The first-order valence-corrected chi connectivity index (χ1v) is 20.5. The van der Waals surface area contributed by atoms with E-state index in [1.165, 1.54) is 67.4 Å². The van der Waals surface area contributed by atoms with Crippen LogP contribution in [0.3, 0.4) is 0 Å². The Hall–Kier alpha value is -1.13. The van der Waals surface area contributed by atoms with Crippen molar-refractivity contribution in [3.05, 3.63) is 71.3 Å². The van der Waals surface area contributed by atoms with E-state index in [2.05, 4.69) is 45.0 Å². The fourth-order valence-electron chi connectivity index (χ4n) is 4.60. The molecular weight excluding hydrogens is 485 g/mol. The summed E-state index contributed by atoms with van der Waals surface area (Å²) in [6, 6.07) is 18.8. The van der Waals surface area contributed by atoms with E-state index in [1.807, 2.05) is 36.5 Å². The topological polar surface area (TPSA) is 32.6 Å². The first-order valence-electron chi connectivity index (χ1n) is 12.4. The quantitative estimate of drug-likeness (QED) is 0.186. The van der Waals surface area contributed by atoms with Crippen LogP contribution >= 0.6 is 0 Å². The molecule has 0 aromatic heterocycles. The second kappa shape index (κ2) is 14.8. The van der Waals surface area contributed by atoms with Crippen molar-refractivity contribution in [3.63, 3.8) is 0 Å². The van der Waals surface area contributed by atoms with Crippen LogP contribution in [0.2, 0.25) is 13.3 Å². The van der Waals surface area contributed by atoms with Crippen LogP contribution in [0.4, 0.5) is 0 Å². The van der Waals surface area contributed by atoms with Gasteiger partial charge in [0, 0.05) is 0 Å². The van der Waals surface area contributed by atoms with Gasteiger partial charge in [0.05, 0.1) is 0 Å². The van der Waals surface area contributed by atoms with Gasteiger partial charge in [-0.15, -0.1) is 0 Å². The Bertz CT molecular complexity index is 737. The summed E-state index contributed by atoms with van der Waals surface area (Å²) < 4.78 is 5.92. The van der Waals surface area contributed by atoms with E-state index in [1.54, 1.807) is 0 Å². The molecule has 3 heteroatoms. The predicted molar refractivity (Wildman–Crippen MR) is 139 cm³/mol. The second-order valence-corrected chi connectivity index (χ2v) is 22.9. The molecule has 0 heterocycles. The van der Waals surface area contributed by atoms with Crippen molar-refractivity contribution >= 4 is 24.6 Å². The van der Waals surface area contributed by atoms with E-state index in [0.29, 0.717) is 0 Å². The molecular formula is C28H43NOSn. The number of hydrogen-bond donors (Lipinski definition) is 1. The molecule has 0 unspecified atom stereocenters. The summed E-state index contributed by atoms with van der Waals surface area (Å²) in [6.45, 7) is 7.07. The molecule has 0 bridgehead atoms. The van der Waals surface area contributed by atoms with E-state index in [-0.39, 0.29) is 12.6 Å². The number of rotatable bonds is 15. The Balaban J connectivity index is 2.29. The molecule has 0 fully saturated rings. The van der Waals surface area contributed by atoms with Gasteiger partial charge in [-0.2, -0.15) is 0 Å². The molecule has 0 radical (unpaired) electrons. The molecule has 2 aromatic carbocycles. The van der Waals surface area contributed by atoms with Crippen LogP contribution in [0, 0.1) is 0 Å². The van der Waals surface area contributed by atoms with Crippen molar-refractivity contribution in [1.29, 1.82) is 0 Å². The summed E-state index contributed by atoms with van der Waals surface area (Å²) in [5.41, 5.74) is 3.82. The number of aliphatic imine (C=N–C) groups is 1. The zero-order valence-corrected chi connectivity index (χ0v) is 22.9. The Labute approximate surface area is 195 Å². The third-order valence-electron chi connectivity index (χ3n) is 6.55. The molecule has 0 saturated heterocycles. The second-order valence-electron chi connectivity index (χ2n) is 9.07. The number of benzene rings is 2. The average molecular weight is 528 g/mol. The minimum absolute atomic E-state index is 0.0371. The van der Waals surface area contributed by atoms with Crippen LogP contribution in [-0.2, 0) is 4.44 Å². The van der Waals surface area contributed by atoms with E-state index in [4.69, 9.17) is 4.99 Å². The predicted octanol–water partition coefficient (Wildman–Crippen LogP) is 7.77. The van der Waals surface area contributed by atoms with Crippen molar-refractivity contribution in [2.45, 2.75) is 83.1 Å². The fraction of sp³-hybridized carbons (Fsp3) is 0.536. The first kappa shape index (κ1) is 26.1. The Morgan fingerprint density at radius 1 is 0.806 bits per heavy atom. The number of unbranched alkanes of at least 4 members (excludes halogenated alkanes) is 3. The van der Waals surface area contributed by atoms with Crippen LogP contribution in [0.25, 0.3) is 0 Å². The third kappa shape index (κ3) is 8.73. The number of aliphatic hydroxyl groups is 1. The average Bonchev–Trinajstić information content (AvgIpc) is 2.82. The standard InChI is InChI=1S/C16H16NO.3C4H9.Sn/c1-13-7-5-6-10-15(13)11-17-16(12-18)14-8-3-2-4-9-14;3*1-3-4-2;/h2-11,16,18H,1,12H2;3*1,3-4H2,2H3;/t16-;;;;/m0..../s1. The van der Waals surface area contributed by atoms with Crippen LogP contribution < -0.4 is 0 Å². The summed E-state index contributed by atoms with van der Waals surface area (Å²) in [5.74, 6) is 0. The molecule has 0 spiro atoms. The van der Waals surface area contributed by atoms with Gasteiger partial charge in [-0.1, -0.05) is 0 Å². The summed E-state index contributed by atoms with van der Waals surface area (Å²) >= 11 is -2.27. The molecule has 2 rings (SSSR count). The molecule has 170 valence electrons. The summed E-state index contributed by atoms with van der Waals surface area (Å²) in [5, 5.41) is 9.90. The van der Waals surface area contributed by atoms with Gasteiger partial charge in [-0.25, -0.2) is 0 Å². The van der Waals surface area contributed by atoms with Gasteiger partial charge in [0.2, 0.25) is 0 Å². The molecule has 1 atom stereocenters. The first-order chi connectivity index (χ1) is 15.2. The van der Waals surface area contributed by atoms with Crippen LogP contribution in [0.1, 0.15) is 82.0 Å². The molecule has 2 nitrogen and oxygen atoms in total. The minimum atomic E-state index is -2.27. The Morgan fingerprint density at radius 2 is 1.35 bits per heavy atom. The molecule has 0 aliphatic rings. The molecule has 1 N–H and O–H groups in total. The summed E-state index contributed by atoms with van der Waals surface area (Å²) in [7, 11) is 0. The third-order valence-corrected chi connectivity index (χ3v) is 21.9. The van der Waals surface area contributed by atoms with Crippen molar-refractivity contribution in [2.75, 3.05) is 6.61 Å². The number of aliphatic hydroxyl groups excluding tert-OH is 1. The van der Waals surface area contributed by atoms with Gasteiger partial charge < -0.3 is 0 Å². The zero-order chi connectivity index (χ0) is 22.4. The van der Waals surface area contributed by atoms with Gasteiger partial charge in [0.15, 0.2) is 0 Å². The molecule has 0 aliphatic heterocycles. The van der Waals surface area contributed by atoms with Gasteiger partial charge >= 0.3 is 196 Å². The van der Waals surface area contributed by atoms with Crippen LogP contribution in [0.15, 0.2) is 59.6 Å². The maximum absolute atomic E-state index is 9.90. The Morgan fingerprint density at radius 3 is 1.90 bits per heavy atom. The number of nitrogens with zero attached hydrogens (tertiary/aromatic N) is 1. The van der Waals surface area contributed by atoms with E-state index in [0.717, 1.165) is 5.56 Å². The Kier molecular flexibility index (Phi) is 12.5. The van der Waals surface area contributed by atoms with Gasteiger partial charge in [0.1, 0.15) is 0 Å². The van der Waals surface area contributed by atoms with Crippen molar-refractivity contribution < 1.29 is 5.11 Å². The van der Waals surface area contributed by atoms with Crippen LogP contribution in [0.5, 0.6) is 0 Å². The van der Waals surface area contributed by atoms with Crippen molar-refractivity contribution in [1.82, 2.24) is 0 Å².